The Kier molecular flexibility index (Phi) is 5.42. The van der Waals surface area contributed by atoms with Crippen molar-refractivity contribution in [2.75, 3.05) is 13.2 Å². The first-order valence-electron chi connectivity index (χ1n) is 9.02. The molecule has 7 nitrogen and oxygen atoms in total. The second-order valence-electron chi connectivity index (χ2n) is 6.59. The number of rotatable bonds is 4. The van der Waals surface area contributed by atoms with Gasteiger partial charge in [0.05, 0.1) is 10.7 Å². The Hall–Kier alpha value is -2.35. The second-order valence-corrected chi connectivity index (χ2v) is 7.45. The maximum absolute atomic E-state index is 12.6. The zero-order valence-corrected chi connectivity index (χ0v) is 16.3. The van der Waals surface area contributed by atoms with Crippen LogP contribution in [0.15, 0.2) is 35.2 Å². The molecule has 2 heterocycles. The Bertz CT molecular complexity index is 810. The summed E-state index contributed by atoms with van der Waals surface area (Å²) in [7, 11) is 0. The molecule has 1 saturated carbocycles. The lowest BCUT2D eigenvalue weighted by atomic mass is 9.92. The maximum atomic E-state index is 12.6. The minimum absolute atomic E-state index is 0.106. The molecule has 1 fully saturated rings. The van der Waals surface area contributed by atoms with E-state index in [1.165, 1.54) is 0 Å². The van der Waals surface area contributed by atoms with Crippen LogP contribution in [0.3, 0.4) is 0 Å². The van der Waals surface area contributed by atoms with Gasteiger partial charge in [-0.15, -0.1) is 0 Å². The molecule has 1 aliphatic carbocycles. The number of carbonyl (C=O) groups is 1. The molecule has 1 aromatic carbocycles. The topological polar surface area (TPSA) is 82.6 Å². The largest absolute Gasteiger partial charge is 0.486 e. The average molecular weight is 434 g/mol. The van der Waals surface area contributed by atoms with Crippen molar-refractivity contribution in [2.45, 2.75) is 37.8 Å². The highest BCUT2D eigenvalue weighted by atomic mass is 79.9. The molecule has 0 atom stereocenters. The van der Waals surface area contributed by atoms with Gasteiger partial charge in [0, 0.05) is 24.0 Å². The first-order chi connectivity index (χ1) is 13.2. The number of aromatic nitrogens is 2. The van der Waals surface area contributed by atoms with Gasteiger partial charge >= 0.3 is 0 Å². The van der Waals surface area contributed by atoms with Crippen molar-refractivity contribution in [1.29, 1.82) is 0 Å². The summed E-state index contributed by atoms with van der Waals surface area (Å²) in [6, 6.07) is 3.63. The Morgan fingerprint density at radius 3 is 2.74 bits per heavy atom. The number of hydrogen-bond donors (Lipinski definition) is 1. The monoisotopic (exact) mass is 433 g/mol. The van der Waals surface area contributed by atoms with E-state index in [-0.39, 0.29) is 18.1 Å². The first kappa shape index (κ1) is 18.0. The summed E-state index contributed by atoms with van der Waals surface area (Å²) in [5, 5.41) is 3.11. The third-order valence-electron chi connectivity index (χ3n) is 4.70. The van der Waals surface area contributed by atoms with Crippen molar-refractivity contribution in [3.63, 3.8) is 0 Å². The fourth-order valence-corrected chi connectivity index (χ4v) is 3.91. The van der Waals surface area contributed by atoms with E-state index >= 15 is 0 Å². The van der Waals surface area contributed by atoms with E-state index in [2.05, 4.69) is 31.2 Å². The SMILES string of the molecule is O=C(NC1CCC(Oc2cnccn2)CC1)c1cc(Br)c2c(c1)OCCO2. The van der Waals surface area contributed by atoms with Gasteiger partial charge in [0.1, 0.15) is 19.3 Å². The lowest BCUT2D eigenvalue weighted by molar-refractivity contribution is 0.0888. The van der Waals surface area contributed by atoms with Gasteiger partial charge in [0.15, 0.2) is 11.5 Å². The summed E-state index contributed by atoms with van der Waals surface area (Å²) in [5.41, 5.74) is 0.559. The molecule has 4 rings (SSSR count). The zero-order valence-electron chi connectivity index (χ0n) is 14.7. The molecule has 27 heavy (non-hydrogen) atoms. The second kappa shape index (κ2) is 8.12. The van der Waals surface area contributed by atoms with Gasteiger partial charge in [-0.25, -0.2) is 4.98 Å². The predicted molar refractivity (Wildman–Crippen MR) is 101 cm³/mol. The van der Waals surface area contributed by atoms with Gasteiger partial charge in [-0.05, 0) is 53.7 Å². The van der Waals surface area contributed by atoms with Gasteiger partial charge in [0.2, 0.25) is 5.88 Å². The minimum atomic E-state index is -0.106. The lowest BCUT2D eigenvalue weighted by Gasteiger charge is -2.29. The molecule has 2 aromatic rings. The van der Waals surface area contributed by atoms with Crippen LogP contribution in [0.5, 0.6) is 17.4 Å². The molecule has 2 aliphatic rings. The van der Waals surface area contributed by atoms with E-state index < -0.39 is 0 Å². The number of hydrogen-bond acceptors (Lipinski definition) is 6. The number of carbonyl (C=O) groups excluding carboxylic acids is 1. The van der Waals surface area contributed by atoms with Crippen LogP contribution in [0, 0.1) is 0 Å². The van der Waals surface area contributed by atoms with Crippen LogP contribution in [-0.2, 0) is 0 Å². The molecule has 0 bridgehead atoms. The first-order valence-corrected chi connectivity index (χ1v) is 9.81. The molecule has 1 N–H and O–H groups in total. The molecular formula is C19H20BrN3O4. The molecule has 0 saturated heterocycles. The Labute approximate surface area is 165 Å². The number of nitrogens with one attached hydrogen (secondary N) is 1. The molecule has 0 unspecified atom stereocenters. The third kappa shape index (κ3) is 4.32. The van der Waals surface area contributed by atoms with Gasteiger partial charge in [-0.3, -0.25) is 9.78 Å². The molecule has 1 aromatic heterocycles. The molecule has 0 radical (unpaired) electrons. The van der Waals surface area contributed by atoms with Crippen LogP contribution >= 0.6 is 15.9 Å². The van der Waals surface area contributed by atoms with Crippen LogP contribution in [-0.4, -0.2) is 41.2 Å². The highest BCUT2D eigenvalue weighted by Gasteiger charge is 2.25. The van der Waals surface area contributed by atoms with Crippen LogP contribution in [0.4, 0.5) is 0 Å². The summed E-state index contributed by atoms with van der Waals surface area (Å²) in [5.74, 6) is 1.69. The van der Waals surface area contributed by atoms with E-state index in [0.29, 0.717) is 36.2 Å². The van der Waals surface area contributed by atoms with Gasteiger partial charge in [0.25, 0.3) is 5.91 Å². The van der Waals surface area contributed by atoms with E-state index in [0.717, 1.165) is 30.2 Å². The summed E-state index contributed by atoms with van der Waals surface area (Å²) < 4.78 is 17.7. The lowest BCUT2D eigenvalue weighted by Crippen LogP contribution is -2.39. The van der Waals surface area contributed by atoms with Crippen molar-refractivity contribution < 1.29 is 19.0 Å². The van der Waals surface area contributed by atoms with E-state index in [1.807, 2.05) is 0 Å². The molecular weight excluding hydrogens is 414 g/mol. The standard InChI is InChI=1S/C19H20BrN3O4/c20-15-9-12(10-16-18(15)26-8-7-25-16)19(24)23-13-1-3-14(4-2-13)27-17-11-21-5-6-22-17/h5-6,9-11,13-14H,1-4,7-8H2,(H,23,24). The Morgan fingerprint density at radius 2 is 1.96 bits per heavy atom. The quantitative estimate of drug-likeness (QED) is 0.797. The molecule has 8 heteroatoms. The van der Waals surface area contributed by atoms with Crippen molar-refractivity contribution in [3.8, 4) is 17.4 Å². The van der Waals surface area contributed by atoms with Crippen LogP contribution in [0.1, 0.15) is 36.0 Å². The zero-order chi connectivity index (χ0) is 18.6. The Morgan fingerprint density at radius 1 is 1.15 bits per heavy atom. The summed E-state index contributed by atoms with van der Waals surface area (Å²) in [4.78, 5) is 20.8. The van der Waals surface area contributed by atoms with Crippen molar-refractivity contribution in [3.05, 3.63) is 40.8 Å². The van der Waals surface area contributed by atoms with Crippen molar-refractivity contribution >= 4 is 21.8 Å². The van der Waals surface area contributed by atoms with E-state index in [1.54, 1.807) is 30.7 Å². The predicted octanol–water partition coefficient (Wildman–Crippen LogP) is 3.13. The smallest absolute Gasteiger partial charge is 0.251 e. The highest BCUT2D eigenvalue weighted by molar-refractivity contribution is 9.10. The summed E-state index contributed by atoms with van der Waals surface area (Å²) in [6.45, 7) is 0.997. The minimum Gasteiger partial charge on any atom is -0.486 e. The van der Waals surface area contributed by atoms with E-state index in [9.17, 15) is 4.79 Å². The van der Waals surface area contributed by atoms with Crippen LogP contribution < -0.4 is 19.5 Å². The van der Waals surface area contributed by atoms with Crippen molar-refractivity contribution in [1.82, 2.24) is 15.3 Å². The number of fused-ring (bicyclic) bond motifs is 1. The maximum Gasteiger partial charge on any atom is 0.251 e. The van der Waals surface area contributed by atoms with E-state index in [4.69, 9.17) is 14.2 Å². The molecule has 142 valence electrons. The number of nitrogens with zero attached hydrogens (tertiary/aromatic N) is 2. The summed E-state index contributed by atoms with van der Waals surface area (Å²) >= 11 is 3.45. The van der Waals surface area contributed by atoms with Gasteiger partial charge in [-0.2, -0.15) is 0 Å². The fraction of sp³-hybridized carbons (Fsp3) is 0.421. The fourth-order valence-electron chi connectivity index (χ4n) is 3.35. The number of benzene rings is 1. The third-order valence-corrected chi connectivity index (χ3v) is 5.28. The van der Waals surface area contributed by atoms with Crippen LogP contribution in [0.25, 0.3) is 0 Å². The number of amides is 1. The summed E-state index contributed by atoms with van der Waals surface area (Å²) in [6.07, 6.45) is 8.43. The van der Waals surface area contributed by atoms with Crippen molar-refractivity contribution in [2.24, 2.45) is 0 Å². The molecule has 0 spiro atoms. The average Bonchev–Trinajstić information content (AvgIpc) is 2.70. The molecule has 1 amide bonds. The number of halogens is 1. The molecule has 1 aliphatic heterocycles. The van der Waals surface area contributed by atoms with Gasteiger partial charge in [-0.1, -0.05) is 0 Å². The normalized spacial score (nSPS) is 21.4. The van der Waals surface area contributed by atoms with Gasteiger partial charge < -0.3 is 19.5 Å². The van der Waals surface area contributed by atoms with Crippen LogP contribution in [0.2, 0.25) is 0 Å². The highest BCUT2D eigenvalue weighted by Crippen LogP contribution is 2.38. The number of ether oxygens (including phenoxy) is 3. The Balaban J connectivity index is 1.32.